The minimum atomic E-state index is 1.17. The summed E-state index contributed by atoms with van der Waals surface area (Å²) in [7, 11) is 0. The Balaban J connectivity index is 0. The minimum absolute atomic E-state index is 1.17. The Morgan fingerprint density at radius 3 is 1.43 bits per heavy atom. The fourth-order valence-electron chi connectivity index (χ4n) is 0.589. The van der Waals surface area contributed by atoms with Crippen LogP contribution in [0.3, 0.4) is 0 Å². The van der Waals surface area contributed by atoms with Crippen LogP contribution >= 0.6 is 0 Å². The Kier molecular flexibility index (Phi) is 14.9. The van der Waals surface area contributed by atoms with E-state index in [0.717, 1.165) is 0 Å². The Morgan fingerprint density at radius 2 is 1.21 bits per heavy atom. The summed E-state index contributed by atoms with van der Waals surface area (Å²) in [5, 5.41) is 0. The Labute approximate surface area is 88.3 Å². The SMILES string of the molecule is C=CC.C=CC.C=Cc1ccccc1. The lowest BCUT2D eigenvalue weighted by molar-refractivity contribution is 1.67. The molecule has 0 bridgehead atoms. The van der Waals surface area contributed by atoms with E-state index in [1.165, 1.54) is 5.56 Å². The van der Waals surface area contributed by atoms with Crippen LogP contribution in [-0.2, 0) is 0 Å². The number of allylic oxidation sites excluding steroid dienone is 2. The Bertz CT molecular complexity index is 225. The van der Waals surface area contributed by atoms with Gasteiger partial charge in [0.05, 0.1) is 0 Å². The maximum atomic E-state index is 3.63. The van der Waals surface area contributed by atoms with Crippen molar-refractivity contribution in [3.63, 3.8) is 0 Å². The molecular weight excluding hydrogens is 168 g/mol. The quantitative estimate of drug-likeness (QED) is 0.560. The molecule has 0 nitrogen and oxygen atoms in total. The summed E-state index contributed by atoms with van der Waals surface area (Å²) in [6.07, 6.45) is 5.33. The van der Waals surface area contributed by atoms with Gasteiger partial charge in [0, 0.05) is 0 Å². The second kappa shape index (κ2) is 14.0. The average molecular weight is 188 g/mol. The van der Waals surface area contributed by atoms with Gasteiger partial charge >= 0.3 is 0 Å². The minimum Gasteiger partial charge on any atom is -0.103 e. The van der Waals surface area contributed by atoms with Gasteiger partial charge in [-0.15, -0.1) is 13.2 Å². The van der Waals surface area contributed by atoms with Crippen molar-refractivity contribution >= 4 is 6.08 Å². The molecule has 1 aromatic rings. The summed E-state index contributed by atoms with van der Waals surface area (Å²) in [6, 6.07) is 10.0. The molecule has 0 atom stereocenters. The van der Waals surface area contributed by atoms with E-state index in [0.29, 0.717) is 0 Å². The third-order valence-corrected chi connectivity index (χ3v) is 1.04. The molecule has 0 unspecified atom stereocenters. The first-order chi connectivity index (χ1) is 6.76. The summed E-state index contributed by atoms with van der Waals surface area (Å²) >= 11 is 0. The molecule has 1 rings (SSSR count). The molecule has 76 valence electrons. The van der Waals surface area contributed by atoms with Gasteiger partial charge in [-0.05, 0) is 19.4 Å². The fraction of sp³-hybridized carbons (Fsp3) is 0.143. The molecule has 0 aliphatic rings. The van der Waals surface area contributed by atoms with E-state index >= 15 is 0 Å². The van der Waals surface area contributed by atoms with Crippen molar-refractivity contribution in [3.8, 4) is 0 Å². The van der Waals surface area contributed by atoms with Crippen molar-refractivity contribution in [2.45, 2.75) is 13.8 Å². The molecule has 0 heteroatoms. The van der Waals surface area contributed by atoms with Crippen molar-refractivity contribution < 1.29 is 0 Å². The van der Waals surface area contributed by atoms with Crippen molar-refractivity contribution in [1.29, 1.82) is 0 Å². The average Bonchev–Trinajstić information content (AvgIpc) is 2.21. The summed E-state index contributed by atoms with van der Waals surface area (Å²) in [6.45, 7) is 14.1. The molecule has 0 aliphatic heterocycles. The molecule has 0 saturated carbocycles. The highest BCUT2D eigenvalue weighted by molar-refractivity contribution is 5.45. The van der Waals surface area contributed by atoms with Gasteiger partial charge in [0.15, 0.2) is 0 Å². The second-order valence-electron chi connectivity index (χ2n) is 2.43. The zero-order valence-electron chi connectivity index (χ0n) is 9.24. The second-order valence-corrected chi connectivity index (χ2v) is 2.43. The van der Waals surface area contributed by atoms with Gasteiger partial charge in [-0.1, -0.05) is 55.1 Å². The first-order valence-electron chi connectivity index (χ1n) is 4.58. The van der Waals surface area contributed by atoms with Gasteiger partial charge in [0.1, 0.15) is 0 Å². The van der Waals surface area contributed by atoms with Crippen LogP contribution in [0.1, 0.15) is 19.4 Å². The van der Waals surface area contributed by atoms with E-state index in [4.69, 9.17) is 0 Å². The molecule has 14 heavy (non-hydrogen) atoms. The smallest absolute Gasteiger partial charge is 0.0263 e. The van der Waals surface area contributed by atoms with Gasteiger partial charge in [-0.2, -0.15) is 0 Å². The molecule has 0 N–H and O–H groups in total. The predicted molar refractivity (Wildman–Crippen MR) is 68.3 cm³/mol. The Hall–Kier alpha value is -1.56. The van der Waals surface area contributed by atoms with Crippen LogP contribution in [0.25, 0.3) is 6.08 Å². The number of rotatable bonds is 1. The molecule has 0 saturated heterocycles. The van der Waals surface area contributed by atoms with Crippen LogP contribution in [0.2, 0.25) is 0 Å². The van der Waals surface area contributed by atoms with Crippen LogP contribution < -0.4 is 0 Å². The molecule has 0 aromatic heterocycles. The summed E-state index contributed by atoms with van der Waals surface area (Å²) in [5.74, 6) is 0. The van der Waals surface area contributed by atoms with E-state index in [-0.39, 0.29) is 0 Å². The molecule has 0 fully saturated rings. The zero-order chi connectivity index (χ0) is 11.2. The maximum absolute atomic E-state index is 3.63. The zero-order valence-corrected chi connectivity index (χ0v) is 9.24. The van der Waals surface area contributed by atoms with Gasteiger partial charge in [-0.25, -0.2) is 0 Å². The van der Waals surface area contributed by atoms with Crippen molar-refractivity contribution in [2.24, 2.45) is 0 Å². The summed E-state index contributed by atoms with van der Waals surface area (Å²) in [4.78, 5) is 0. The number of benzene rings is 1. The van der Waals surface area contributed by atoms with Crippen LogP contribution in [-0.4, -0.2) is 0 Å². The first kappa shape index (κ1) is 14.9. The molecule has 0 radical (unpaired) electrons. The highest BCUT2D eigenvalue weighted by Crippen LogP contribution is 1.97. The van der Waals surface area contributed by atoms with Gasteiger partial charge in [0.2, 0.25) is 0 Å². The third-order valence-electron chi connectivity index (χ3n) is 1.04. The molecule has 1 aromatic carbocycles. The maximum Gasteiger partial charge on any atom is -0.0263 e. The van der Waals surface area contributed by atoms with Crippen LogP contribution in [0.5, 0.6) is 0 Å². The lowest BCUT2D eigenvalue weighted by atomic mass is 10.2. The molecular formula is C14H20. The third kappa shape index (κ3) is 13.1. The van der Waals surface area contributed by atoms with E-state index in [2.05, 4.69) is 19.7 Å². The molecule has 0 aliphatic carbocycles. The number of hydrogen-bond donors (Lipinski definition) is 0. The van der Waals surface area contributed by atoms with E-state index in [9.17, 15) is 0 Å². The molecule has 0 heterocycles. The van der Waals surface area contributed by atoms with Crippen LogP contribution in [0.15, 0.2) is 62.2 Å². The van der Waals surface area contributed by atoms with Crippen LogP contribution in [0, 0.1) is 0 Å². The normalized spacial score (nSPS) is 6.71. The monoisotopic (exact) mass is 188 g/mol. The van der Waals surface area contributed by atoms with E-state index in [1.807, 2.05) is 50.3 Å². The van der Waals surface area contributed by atoms with E-state index < -0.39 is 0 Å². The topological polar surface area (TPSA) is 0 Å². The van der Waals surface area contributed by atoms with Crippen LogP contribution in [0.4, 0.5) is 0 Å². The van der Waals surface area contributed by atoms with Gasteiger partial charge in [0.25, 0.3) is 0 Å². The highest BCUT2D eigenvalue weighted by Gasteiger charge is 1.75. The van der Waals surface area contributed by atoms with E-state index in [1.54, 1.807) is 12.2 Å². The van der Waals surface area contributed by atoms with Crippen molar-refractivity contribution in [3.05, 3.63) is 67.8 Å². The largest absolute Gasteiger partial charge is 0.103 e. The highest BCUT2D eigenvalue weighted by atomic mass is 13.8. The fourth-order valence-corrected chi connectivity index (χ4v) is 0.589. The van der Waals surface area contributed by atoms with Gasteiger partial charge < -0.3 is 0 Å². The lowest BCUT2D eigenvalue weighted by Crippen LogP contribution is -1.63. The first-order valence-corrected chi connectivity index (χ1v) is 4.58. The molecule has 0 amide bonds. The predicted octanol–water partition coefficient (Wildman–Crippen LogP) is 4.71. The van der Waals surface area contributed by atoms with Crippen molar-refractivity contribution in [1.82, 2.24) is 0 Å². The van der Waals surface area contributed by atoms with Crippen molar-refractivity contribution in [2.75, 3.05) is 0 Å². The number of hydrogen-bond acceptors (Lipinski definition) is 0. The summed E-state index contributed by atoms with van der Waals surface area (Å²) in [5.41, 5.74) is 1.17. The molecule has 0 spiro atoms. The Morgan fingerprint density at radius 1 is 0.857 bits per heavy atom. The standard InChI is InChI=1S/C8H8.2C3H6/c1-2-8-6-4-3-5-7-8;2*1-3-2/h2-7H,1H2;2*3H,1H2,2H3. The van der Waals surface area contributed by atoms with Gasteiger partial charge in [-0.3, -0.25) is 0 Å². The summed E-state index contributed by atoms with van der Waals surface area (Å²) < 4.78 is 0. The lowest BCUT2D eigenvalue weighted by Gasteiger charge is -1.85.